The van der Waals surface area contributed by atoms with Crippen molar-refractivity contribution in [2.24, 2.45) is 5.92 Å². The molecule has 1 fully saturated rings. The summed E-state index contributed by atoms with van der Waals surface area (Å²) >= 11 is 0. The van der Waals surface area contributed by atoms with Crippen LogP contribution in [0.2, 0.25) is 0 Å². The molecule has 4 heterocycles. The molecule has 3 aromatic heterocycles. The van der Waals surface area contributed by atoms with Crippen LogP contribution in [-0.2, 0) is 27.4 Å². The maximum absolute atomic E-state index is 13.9. The maximum Gasteiger partial charge on any atom is 0.236 e. The summed E-state index contributed by atoms with van der Waals surface area (Å²) in [4.78, 5) is 23.3. The fourth-order valence-corrected chi connectivity index (χ4v) is 4.72. The van der Waals surface area contributed by atoms with Crippen LogP contribution in [0.4, 0.5) is 4.39 Å². The van der Waals surface area contributed by atoms with E-state index in [9.17, 15) is 9.18 Å². The van der Waals surface area contributed by atoms with Gasteiger partial charge in [-0.05, 0) is 36.8 Å². The number of Topliss-reactive ketones (excluding diaryl/α,β-unsaturated/α-hetero) is 1. The average molecular weight is 536 g/mol. The van der Waals surface area contributed by atoms with Crippen molar-refractivity contribution in [1.29, 1.82) is 0 Å². The summed E-state index contributed by atoms with van der Waals surface area (Å²) in [6.07, 6.45) is 2.81. The monoisotopic (exact) mass is 535 g/mol. The van der Waals surface area contributed by atoms with Crippen molar-refractivity contribution in [1.82, 2.24) is 25.0 Å². The van der Waals surface area contributed by atoms with E-state index in [-0.39, 0.29) is 31.1 Å². The highest BCUT2D eigenvalue weighted by Crippen LogP contribution is 2.37. The number of rotatable bonds is 12. The lowest BCUT2D eigenvalue weighted by molar-refractivity contribution is -0.155. The second-order valence-electron chi connectivity index (χ2n) is 9.40. The summed E-state index contributed by atoms with van der Waals surface area (Å²) in [5.41, 5.74) is 3.61. The van der Waals surface area contributed by atoms with E-state index < -0.39 is 12.1 Å². The standard InChI is InChI=1S/C28H30FN5O5/c1-19-25(34(23-6-4-3-5-7-23)31-28(19)37-18-22-9-12-38-32-22)16-24(35)14-21-17-33(11-13-36-2)39-27(21)20-8-10-30-26(29)15-20/h3-10,12,15,21,27H,11,13-14,16-18H2,1-2H3/t21-,27+/m1/s1. The molecule has 0 amide bonds. The first-order valence-corrected chi connectivity index (χ1v) is 12.7. The van der Waals surface area contributed by atoms with E-state index in [0.717, 1.165) is 16.9 Å². The van der Waals surface area contributed by atoms with Gasteiger partial charge in [0.25, 0.3) is 0 Å². The molecule has 0 bridgehead atoms. The first-order chi connectivity index (χ1) is 19.0. The summed E-state index contributed by atoms with van der Waals surface area (Å²) in [5, 5.41) is 10.3. The Labute approximate surface area is 225 Å². The quantitative estimate of drug-likeness (QED) is 0.249. The number of ether oxygens (including phenoxy) is 2. The topological polar surface area (TPSA) is 105 Å². The third-order valence-electron chi connectivity index (χ3n) is 6.66. The molecule has 1 aliphatic heterocycles. The Hall–Kier alpha value is -3.93. The highest BCUT2D eigenvalue weighted by atomic mass is 19.1. The van der Waals surface area contributed by atoms with Gasteiger partial charge < -0.3 is 14.0 Å². The predicted molar refractivity (Wildman–Crippen MR) is 137 cm³/mol. The van der Waals surface area contributed by atoms with E-state index in [1.54, 1.807) is 29.0 Å². The molecule has 0 aliphatic carbocycles. The molecule has 0 saturated carbocycles. The van der Waals surface area contributed by atoms with Gasteiger partial charge >= 0.3 is 0 Å². The van der Waals surface area contributed by atoms with Crippen molar-refractivity contribution in [2.45, 2.75) is 32.5 Å². The molecule has 11 heteroatoms. The fourth-order valence-electron chi connectivity index (χ4n) is 4.72. The Morgan fingerprint density at radius 1 is 1.21 bits per heavy atom. The summed E-state index contributed by atoms with van der Waals surface area (Å²) < 4.78 is 31.6. The lowest BCUT2D eigenvalue weighted by Gasteiger charge is -2.17. The first-order valence-electron chi connectivity index (χ1n) is 12.7. The van der Waals surface area contributed by atoms with Gasteiger partial charge in [0.15, 0.2) is 0 Å². The number of hydrogen-bond acceptors (Lipinski definition) is 9. The normalized spacial score (nSPS) is 17.5. The number of halogens is 1. The molecule has 10 nitrogen and oxygen atoms in total. The van der Waals surface area contributed by atoms with Crippen molar-refractivity contribution in [2.75, 3.05) is 26.8 Å². The number of methoxy groups -OCH3 is 1. The third kappa shape index (κ3) is 6.39. The van der Waals surface area contributed by atoms with Crippen molar-refractivity contribution < 1.29 is 28.0 Å². The van der Waals surface area contributed by atoms with E-state index in [1.165, 1.54) is 18.5 Å². The number of ketones is 1. The van der Waals surface area contributed by atoms with Crippen molar-refractivity contribution in [3.63, 3.8) is 0 Å². The number of nitrogens with zero attached hydrogens (tertiary/aromatic N) is 5. The molecule has 0 radical (unpaired) electrons. The average Bonchev–Trinajstić information content (AvgIpc) is 3.67. The zero-order valence-corrected chi connectivity index (χ0v) is 21.8. The van der Waals surface area contributed by atoms with Crippen LogP contribution < -0.4 is 4.74 Å². The lowest BCUT2D eigenvalue weighted by Crippen LogP contribution is -2.24. The molecule has 39 heavy (non-hydrogen) atoms. The van der Waals surface area contributed by atoms with Crippen LogP contribution in [0.5, 0.6) is 5.88 Å². The minimum absolute atomic E-state index is 0.0138. The van der Waals surface area contributed by atoms with Crippen LogP contribution in [0, 0.1) is 18.8 Å². The third-order valence-corrected chi connectivity index (χ3v) is 6.66. The van der Waals surface area contributed by atoms with Gasteiger partial charge in [-0.2, -0.15) is 9.45 Å². The number of hydrogen-bond donors (Lipinski definition) is 0. The van der Waals surface area contributed by atoms with Crippen LogP contribution in [0.1, 0.15) is 35.0 Å². The molecule has 5 rings (SSSR count). The van der Waals surface area contributed by atoms with E-state index in [2.05, 4.69) is 15.2 Å². The van der Waals surface area contributed by atoms with Crippen molar-refractivity contribution >= 4 is 5.78 Å². The zero-order valence-electron chi connectivity index (χ0n) is 21.8. The van der Waals surface area contributed by atoms with Gasteiger partial charge in [-0.25, -0.2) is 9.67 Å². The van der Waals surface area contributed by atoms with Crippen LogP contribution >= 0.6 is 0 Å². The molecular formula is C28H30FN5O5. The molecule has 0 N–H and O–H groups in total. The zero-order chi connectivity index (χ0) is 27.2. The Morgan fingerprint density at radius 3 is 2.79 bits per heavy atom. The Kier molecular flexibility index (Phi) is 8.40. The molecule has 1 aromatic carbocycles. The lowest BCUT2D eigenvalue weighted by atomic mass is 9.91. The molecule has 0 spiro atoms. The predicted octanol–water partition coefficient (Wildman–Crippen LogP) is 4.03. The van der Waals surface area contributed by atoms with Crippen molar-refractivity contribution in [3.05, 3.63) is 89.5 Å². The van der Waals surface area contributed by atoms with Gasteiger partial charge in [0, 0.05) is 56.8 Å². The molecular weight excluding hydrogens is 505 g/mol. The van der Waals surface area contributed by atoms with Crippen LogP contribution in [0.3, 0.4) is 0 Å². The van der Waals surface area contributed by atoms with Gasteiger partial charge in [0.2, 0.25) is 11.8 Å². The largest absolute Gasteiger partial charge is 0.470 e. The number of carbonyl (C=O) groups excluding carboxylic acids is 1. The number of benzene rings is 1. The first kappa shape index (κ1) is 26.7. The maximum atomic E-state index is 13.9. The highest BCUT2D eigenvalue weighted by Gasteiger charge is 2.37. The molecule has 204 valence electrons. The van der Waals surface area contributed by atoms with Gasteiger partial charge in [-0.15, -0.1) is 5.10 Å². The minimum Gasteiger partial charge on any atom is -0.470 e. The number of carbonyl (C=O) groups is 1. The van der Waals surface area contributed by atoms with Crippen LogP contribution in [0.15, 0.2) is 65.5 Å². The summed E-state index contributed by atoms with van der Waals surface area (Å²) in [6, 6.07) is 14.4. The van der Waals surface area contributed by atoms with E-state index in [0.29, 0.717) is 36.8 Å². The number of aromatic nitrogens is 4. The number of para-hydroxylation sites is 1. The highest BCUT2D eigenvalue weighted by molar-refractivity contribution is 5.81. The van der Waals surface area contributed by atoms with Gasteiger partial charge in [-0.3, -0.25) is 9.63 Å². The SMILES string of the molecule is COCCN1C[C@@H](CC(=O)Cc2c(C)c(OCc3ccon3)nn2-c2ccccc2)[C@H](c2ccnc(F)c2)O1. The van der Waals surface area contributed by atoms with Crippen molar-refractivity contribution in [3.8, 4) is 11.6 Å². The van der Waals surface area contributed by atoms with Gasteiger partial charge in [0.05, 0.1) is 18.0 Å². The molecule has 4 aromatic rings. The van der Waals surface area contributed by atoms with E-state index in [1.807, 2.05) is 37.3 Å². The molecule has 0 unspecified atom stereocenters. The second-order valence-corrected chi connectivity index (χ2v) is 9.40. The van der Waals surface area contributed by atoms with Crippen LogP contribution in [-0.4, -0.2) is 57.6 Å². The second kappa shape index (κ2) is 12.3. The fraction of sp³-hybridized carbons (Fsp3) is 0.357. The Bertz CT molecular complexity index is 1380. The molecule has 1 saturated heterocycles. The number of hydroxylamine groups is 2. The summed E-state index contributed by atoms with van der Waals surface area (Å²) in [5.74, 6) is -0.325. The summed E-state index contributed by atoms with van der Waals surface area (Å²) in [6.45, 7) is 3.62. The van der Waals surface area contributed by atoms with E-state index >= 15 is 0 Å². The Balaban J connectivity index is 1.36. The number of pyridine rings is 1. The van der Waals surface area contributed by atoms with E-state index in [4.69, 9.17) is 18.8 Å². The van der Waals surface area contributed by atoms with Crippen LogP contribution in [0.25, 0.3) is 5.69 Å². The van der Waals surface area contributed by atoms with Gasteiger partial charge in [0.1, 0.15) is 30.5 Å². The summed E-state index contributed by atoms with van der Waals surface area (Å²) in [7, 11) is 1.62. The minimum atomic E-state index is -0.586. The smallest absolute Gasteiger partial charge is 0.236 e. The molecule has 1 aliphatic rings. The Morgan fingerprint density at radius 2 is 2.05 bits per heavy atom. The van der Waals surface area contributed by atoms with Gasteiger partial charge in [-0.1, -0.05) is 23.4 Å². The molecule has 2 atom stereocenters.